The zero-order chi connectivity index (χ0) is 16.4. The van der Waals surface area contributed by atoms with Crippen LogP contribution < -0.4 is 5.32 Å². The Morgan fingerprint density at radius 1 is 1.04 bits per heavy atom. The second-order valence-electron chi connectivity index (χ2n) is 5.42. The molecular weight excluding hydrogens is 301 g/mol. The van der Waals surface area contributed by atoms with E-state index in [2.05, 4.69) is 5.32 Å². The summed E-state index contributed by atoms with van der Waals surface area (Å²) in [5.41, 5.74) is 0.479. The topological polar surface area (TPSA) is 75.6 Å². The third-order valence-electron chi connectivity index (χ3n) is 3.92. The summed E-state index contributed by atoms with van der Waals surface area (Å²) in [7, 11) is 0. The molecule has 0 aromatic heterocycles. The van der Waals surface area contributed by atoms with E-state index in [4.69, 9.17) is 9.84 Å². The van der Waals surface area contributed by atoms with E-state index < -0.39 is 11.4 Å². The number of hydrogen-bond donors (Lipinski definition) is 2. The molecule has 1 aliphatic rings. The van der Waals surface area contributed by atoms with Crippen LogP contribution in [0.5, 0.6) is 0 Å². The van der Waals surface area contributed by atoms with Crippen LogP contribution in [0.1, 0.15) is 15.9 Å². The number of carbonyl (C=O) groups is 2. The second-order valence-corrected chi connectivity index (χ2v) is 5.42. The van der Waals surface area contributed by atoms with Gasteiger partial charge >= 0.3 is 5.97 Å². The summed E-state index contributed by atoms with van der Waals surface area (Å²) in [4.78, 5) is 23.5. The van der Waals surface area contributed by atoms with Crippen LogP contribution >= 0.6 is 0 Å². The molecule has 0 spiro atoms. The van der Waals surface area contributed by atoms with Crippen molar-refractivity contribution in [3.8, 4) is 0 Å². The standard InChI is InChI=1S/C17H14FNO4/c18-13-5-7-14(8-6-13)19-16(22)17(9-23-10-17)12-3-1-11(2-4-12)15(20)21/h1-8H,9-10H2,(H,19,22)(H,20,21). The van der Waals surface area contributed by atoms with Crippen LogP contribution in [0.15, 0.2) is 48.5 Å². The summed E-state index contributed by atoms with van der Waals surface area (Å²) in [6, 6.07) is 11.7. The van der Waals surface area contributed by atoms with Gasteiger partial charge in [-0.05, 0) is 42.0 Å². The molecule has 1 heterocycles. The van der Waals surface area contributed by atoms with E-state index in [-0.39, 0.29) is 30.5 Å². The maximum absolute atomic E-state index is 12.9. The van der Waals surface area contributed by atoms with Gasteiger partial charge in [0.25, 0.3) is 0 Å². The highest BCUT2D eigenvalue weighted by Crippen LogP contribution is 2.34. The van der Waals surface area contributed by atoms with Crippen molar-refractivity contribution < 1.29 is 23.8 Å². The second kappa shape index (κ2) is 5.81. The van der Waals surface area contributed by atoms with Crippen LogP contribution in [-0.4, -0.2) is 30.2 Å². The van der Waals surface area contributed by atoms with Gasteiger partial charge in [0.2, 0.25) is 5.91 Å². The minimum absolute atomic E-state index is 0.156. The molecule has 0 saturated carbocycles. The summed E-state index contributed by atoms with van der Waals surface area (Å²) in [6.07, 6.45) is 0. The van der Waals surface area contributed by atoms with Crippen molar-refractivity contribution in [2.24, 2.45) is 0 Å². The van der Waals surface area contributed by atoms with Crippen LogP contribution in [0, 0.1) is 5.82 Å². The van der Waals surface area contributed by atoms with Gasteiger partial charge in [-0.2, -0.15) is 0 Å². The first-order valence-corrected chi connectivity index (χ1v) is 7.00. The van der Waals surface area contributed by atoms with Crippen molar-refractivity contribution in [3.63, 3.8) is 0 Å². The Hall–Kier alpha value is -2.73. The summed E-state index contributed by atoms with van der Waals surface area (Å²) in [6.45, 7) is 0.429. The highest BCUT2D eigenvalue weighted by molar-refractivity contribution is 6.00. The number of carboxylic acid groups (broad SMARTS) is 1. The predicted molar refractivity (Wildman–Crippen MR) is 80.9 cm³/mol. The number of amides is 1. The van der Waals surface area contributed by atoms with Crippen LogP contribution in [-0.2, 0) is 14.9 Å². The predicted octanol–water partition coefficient (Wildman–Crippen LogP) is 2.43. The summed E-state index contributed by atoms with van der Waals surface area (Å²) in [5.74, 6) is -1.67. The molecule has 0 unspecified atom stereocenters. The van der Waals surface area contributed by atoms with Gasteiger partial charge in [-0.15, -0.1) is 0 Å². The number of nitrogens with one attached hydrogen (secondary N) is 1. The lowest BCUT2D eigenvalue weighted by atomic mass is 9.77. The average molecular weight is 315 g/mol. The SMILES string of the molecule is O=C(O)c1ccc(C2(C(=O)Nc3ccc(F)cc3)COC2)cc1. The van der Waals surface area contributed by atoms with Crippen molar-refractivity contribution in [2.45, 2.75) is 5.41 Å². The fourth-order valence-electron chi connectivity index (χ4n) is 2.45. The molecule has 5 nitrogen and oxygen atoms in total. The van der Waals surface area contributed by atoms with E-state index >= 15 is 0 Å². The summed E-state index contributed by atoms with van der Waals surface area (Å²) < 4.78 is 18.1. The quantitative estimate of drug-likeness (QED) is 0.908. The number of aromatic carboxylic acids is 1. The Bertz CT molecular complexity index is 736. The molecule has 1 aliphatic heterocycles. The molecule has 2 aromatic carbocycles. The minimum atomic E-state index is -1.02. The van der Waals surface area contributed by atoms with Gasteiger partial charge in [0.1, 0.15) is 11.2 Å². The number of anilines is 1. The normalized spacial score (nSPS) is 15.5. The Balaban J connectivity index is 1.83. The Morgan fingerprint density at radius 2 is 1.65 bits per heavy atom. The van der Waals surface area contributed by atoms with Crippen molar-refractivity contribution in [3.05, 3.63) is 65.5 Å². The largest absolute Gasteiger partial charge is 0.478 e. The highest BCUT2D eigenvalue weighted by Gasteiger charge is 2.47. The molecule has 2 N–H and O–H groups in total. The zero-order valence-electron chi connectivity index (χ0n) is 12.1. The minimum Gasteiger partial charge on any atom is -0.478 e. The lowest BCUT2D eigenvalue weighted by Gasteiger charge is -2.40. The summed E-state index contributed by atoms with van der Waals surface area (Å²) >= 11 is 0. The van der Waals surface area contributed by atoms with Gasteiger partial charge in [-0.3, -0.25) is 4.79 Å². The molecule has 1 fully saturated rings. The molecule has 3 rings (SSSR count). The maximum atomic E-state index is 12.9. The van der Waals surface area contributed by atoms with E-state index in [9.17, 15) is 14.0 Å². The lowest BCUT2D eigenvalue weighted by molar-refractivity contribution is -0.139. The molecule has 0 atom stereocenters. The smallest absolute Gasteiger partial charge is 0.335 e. The lowest BCUT2D eigenvalue weighted by Crippen LogP contribution is -2.55. The Labute approximate surface area is 131 Å². The number of halogens is 1. The molecule has 0 radical (unpaired) electrons. The Kier molecular flexibility index (Phi) is 3.83. The maximum Gasteiger partial charge on any atom is 0.335 e. The first-order chi connectivity index (χ1) is 11.0. The van der Waals surface area contributed by atoms with Crippen molar-refractivity contribution >= 4 is 17.6 Å². The van der Waals surface area contributed by atoms with Crippen molar-refractivity contribution in [2.75, 3.05) is 18.5 Å². The number of ether oxygens (including phenoxy) is 1. The molecule has 6 heteroatoms. The number of benzene rings is 2. The van der Waals surface area contributed by atoms with Crippen LogP contribution in [0.25, 0.3) is 0 Å². The van der Waals surface area contributed by atoms with E-state index in [1.165, 1.54) is 36.4 Å². The third-order valence-corrected chi connectivity index (χ3v) is 3.92. The van der Waals surface area contributed by atoms with Gasteiger partial charge in [-0.1, -0.05) is 12.1 Å². The number of hydrogen-bond acceptors (Lipinski definition) is 3. The monoisotopic (exact) mass is 315 g/mol. The highest BCUT2D eigenvalue weighted by atomic mass is 19.1. The number of carbonyl (C=O) groups excluding carboxylic acids is 1. The molecule has 1 amide bonds. The van der Waals surface area contributed by atoms with Crippen LogP contribution in [0.4, 0.5) is 10.1 Å². The van der Waals surface area contributed by atoms with E-state index in [0.717, 1.165) is 0 Å². The fourth-order valence-corrected chi connectivity index (χ4v) is 2.45. The van der Waals surface area contributed by atoms with Gasteiger partial charge < -0.3 is 15.2 Å². The fraction of sp³-hybridized carbons (Fsp3) is 0.176. The van der Waals surface area contributed by atoms with Crippen LogP contribution in [0.3, 0.4) is 0 Å². The van der Waals surface area contributed by atoms with Crippen LogP contribution in [0.2, 0.25) is 0 Å². The van der Waals surface area contributed by atoms with Gasteiger partial charge in [0.05, 0.1) is 18.8 Å². The van der Waals surface area contributed by atoms with E-state index in [0.29, 0.717) is 11.3 Å². The molecule has 0 bridgehead atoms. The molecule has 2 aromatic rings. The average Bonchev–Trinajstić information content (AvgIpc) is 2.49. The molecular formula is C17H14FNO4. The van der Waals surface area contributed by atoms with E-state index in [1.807, 2.05) is 0 Å². The van der Waals surface area contributed by atoms with E-state index in [1.54, 1.807) is 12.1 Å². The van der Waals surface area contributed by atoms with Gasteiger partial charge in [0, 0.05) is 5.69 Å². The molecule has 23 heavy (non-hydrogen) atoms. The molecule has 118 valence electrons. The zero-order valence-corrected chi connectivity index (χ0v) is 12.1. The molecule has 1 saturated heterocycles. The van der Waals surface area contributed by atoms with Crippen molar-refractivity contribution in [1.82, 2.24) is 0 Å². The molecule has 0 aliphatic carbocycles. The van der Waals surface area contributed by atoms with Crippen molar-refractivity contribution in [1.29, 1.82) is 0 Å². The third kappa shape index (κ3) is 2.80. The first-order valence-electron chi connectivity index (χ1n) is 7.00. The number of carboxylic acids is 1. The van der Waals surface area contributed by atoms with Gasteiger partial charge in [-0.25, -0.2) is 9.18 Å². The Morgan fingerprint density at radius 3 is 2.13 bits per heavy atom. The first kappa shape index (κ1) is 15.2. The number of rotatable bonds is 4. The summed E-state index contributed by atoms with van der Waals surface area (Å²) in [5, 5.41) is 11.7. The van der Waals surface area contributed by atoms with Gasteiger partial charge in [0.15, 0.2) is 0 Å².